The number of benzene rings is 1. The van der Waals surface area contributed by atoms with Gasteiger partial charge in [0, 0.05) is 11.6 Å². The minimum atomic E-state index is -3.48. The van der Waals surface area contributed by atoms with E-state index in [1.54, 1.807) is 0 Å². The van der Waals surface area contributed by atoms with Crippen molar-refractivity contribution in [2.75, 3.05) is 18.1 Å². The predicted octanol–water partition coefficient (Wildman–Crippen LogP) is 0.732. The Bertz CT molecular complexity index is 721. The maximum absolute atomic E-state index is 13.0. The molecule has 1 unspecified atom stereocenters. The van der Waals surface area contributed by atoms with E-state index >= 15 is 0 Å². The van der Waals surface area contributed by atoms with Gasteiger partial charge in [-0.25, -0.2) is 17.6 Å². The van der Waals surface area contributed by atoms with E-state index in [-0.39, 0.29) is 23.7 Å². The highest BCUT2D eigenvalue weighted by molar-refractivity contribution is 7.91. The highest BCUT2D eigenvalue weighted by Crippen LogP contribution is 2.20. The van der Waals surface area contributed by atoms with E-state index in [1.807, 2.05) is 0 Å². The van der Waals surface area contributed by atoms with Gasteiger partial charge in [-0.15, -0.1) is 0 Å². The minimum absolute atomic E-state index is 0.0601. The summed E-state index contributed by atoms with van der Waals surface area (Å²) >= 11 is 5.83. The molecule has 2 rings (SSSR count). The molecular formula is C13H13ClFNO5S. The lowest BCUT2D eigenvalue weighted by Gasteiger charge is -2.32. The van der Waals surface area contributed by atoms with Gasteiger partial charge in [-0.3, -0.25) is 4.79 Å². The van der Waals surface area contributed by atoms with Crippen LogP contribution in [0.3, 0.4) is 0 Å². The number of aliphatic carboxylic acids is 1. The van der Waals surface area contributed by atoms with Gasteiger partial charge < -0.3 is 10.0 Å². The van der Waals surface area contributed by atoms with E-state index in [0.29, 0.717) is 5.56 Å². The van der Waals surface area contributed by atoms with Crippen LogP contribution >= 0.6 is 11.6 Å². The smallest absolute Gasteiger partial charge is 0.327 e. The van der Waals surface area contributed by atoms with Crippen LogP contribution in [0.2, 0.25) is 5.02 Å². The van der Waals surface area contributed by atoms with Crippen molar-refractivity contribution < 1.29 is 27.5 Å². The van der Waals surface area contributed by atoms with Gasteiger partial charge in [0.05, 0.1) is 17.9 Å². The lowest BCUT2D eigenvalue weighted by atomic mass is 10.1. The highest BCUT2D eigenvalue weighted by Gasteiger charge is 2.38. The molecule has 1 N–H and O–H groups in total. The molecular weight excluding hydrogens is 337 g/mol. The van der Waals surface area contributed by atoms with Crippen LogP contribution < -0.4 is 0 Å². The second-order valence-electron chi connectivity index (χ2n) is 4.97. The van der Waals surface area contributed by atoms with Gasteiger partial charge in [-0.1, -0.05) is 17.7 Å². The number of carboxylic acid groups (broad SMARTS) is 1. The van der Waals surface area contributed by atoms with Crippen LogP contribution in [-0.4, -0.2) is 54.4 Å². The maximum Gasteiger partial charge on any atom is 0.327 e. The number of carboxylic acids is 1. The van der Waals surface area contributed by atoms with E-state index in [0.717, 1.165) is 17.0 Å². The number of rotatable bonds is 3. The van der Waals surface area contributed by atoms with E-state index in [4.69, 9.17) is 16.7 Å². The Labute approximate surface area is 131 Å². The van der Waals surface area contributed by atoms with Crippen molar-refractivity contribution in [3.05, 3.63) is 34.6 Å². The summed E-state index contributed by atoms with van der Waals surface area (Å²) in [6.07, 6.45) is -0.219. The molecule has 1 fully saturated rings. The zero-order valence-electron chi connectivity index (χ0n) is 11.3. The maximum atomic E-state index is 13.0. The molecule has 1 saturated heterocycles. The first-order chi connectivity index (χ1) is 10.2. The lowest BCUT2D eigenvalue weighted by molar-refractivity contribution is -0.149. The summed E-state index contributed by atoms with van der Waals surface area (Å²) in [5.41, 5.74) is 0.352. The largest absolute Gasteiger partial charge is 0.480 e. The molecule has 0 aromatic heterocycles. The van der Waals surface area contributed by atoms with E-state index in [2.05, 4.69) is 0 Å². The summed E-state index contributed by atoms with van der Waals surface area (Å²) in [5, 5.41) is 9.17. The summed E-state index contributed by atoms with van der Waals surface area (Å²) in [4.78, 5) is 24.4. The number of amides is 1. The number of carbonyl (C=O) groups is 2. The molecule has 0 radical (unpaired) electrons. The average molecular weight is 350 g/mol. The Balaban J connectivity index is 2.19. The van der Waals surface area contributed by atoms with Crippen molar-refractivity contribution >= 4 is 33.3 Å². The monoisotopic (exact) mass is 349 g/mol. The normalized spacial score (nSPS) is 20.6. The second-order valence-corrected chi connectivity index (χ2v) is 7.60. The van der Waals surface area contributed by atoms with Gasteiger partial charge in [-0.05, 0) is 17.7 Å². The van der Waals surface area contributed by atoms with E-state index in [9.17, 15) is 22.4 Å². The summed E-state index contributed by atoms with van der Waals surface area (Å²) in [5.74, 6) is -3.36. The van der Waals surface area contributed by atoms with Crippen LogP contribution in [0.4, 0.5) is 4.39 Å². The van der Waals surface area contributed by atoms with Crippen molar-refractivity contribution in [3.8, 4) is 0 Å². The van der Waals surface area contributed by atoms with Crippen molar-refractivity contribution in [1.82, 2.24) is 4.90 Å². The molecule has 6 nitrogen and oxygen atoms in total. The highest BCUT2D eigenvalue weighted by atomic mass is 35.5. The number of hydrogen-bond donors (Lipinski definition) is 1. The number of nitrogens with zero attached hydrogens (tertiary/aromatic N) is 1. The first kappa shape index (κ1) is 16.7. The minimum Gasteiger partial charge on any atom is -0.480 e. The molecule has 1 aromatic carbocycles. The Morgan fingerprint density at radius 3 is 2.68 bits per heavy atom. The molecule has 1 heterocycles. The molecule has 1 aliphatic heterocycles. The first-order valence-electron chi connectivity index (χ1n) is 6.36. The van der Waals surface area contributed by atoms with Crippen molar-refractivity contribution in [3.63, 3.8) is 0 Å². The van der Waals surface area contributed by atoms with Gasteiger partial charge in [0.15, 0.2) is 9.84 Å². The predicted molar refractivity (Wildman–Crippen MR) is 76.9 cm³/mol. The van der Waals surface area contributed by atoms with Crippen molar-refractivity contribution in [1.29, 1.82) is 0 Å². The Morgan fingerprint density at radius 1 is 1.41 bits per heavy atom. The average Bonchev–Trinajstić information content (AvgIpc) is 2.40. The fourth-order valence-electron chi connectivity index (χ4n) is 2.24. The van der Waals surface area contributed by atoms with E-state index in [1.165, 1.54) is 6.07 Å². The molecule has 0 saturated carbocycles. The lowest BCUT2D eigenvalue weighted by Crippen LogP contribution is -2.55. The fraction of sp³-hybridized carbons (Fsp3) is 0.385. The van der Waals surface area contributed by atoms with Crippen LogP contribution in [-0.2, 0) is 25.8 Å². The number of sulfone groups is 1. The van der Waals surface area contributed by atoms with Gasteiger partial charge in [0.1, 0.15) is 11.9 Å². The molecule has 0 spiro atoms. The summed E-state index contributed by atoms with van der Waals surface area (Å²) in [6.45, 7) is -0.184. The SMILES string of the molecule is O=C(O)C1CS(=O)(=O)CCN1C(=O)Cc1ccc(F)cc1Cl. The number of hydrogen-bond acceptors (Lipinski definition) is 4. The molecule has 1 aliphatic rings. The first-order valence-corrected chi connectivity index (χ1v) is 8.56. The molecule has 1 atom stereocenters. The molecule has 0 bridgehead atoms. The molecule has 22 heavy (non-hydrogen) atoms. The third-order valence-electron chi connectivity index (χ3n) is 3.39. The van der Waals surface area contributed by atoms with E-state index < -0.39 is 39.3 Å². The fourth-order valence-corrected chi connectivity index (χ4v) is 3.92. The summed E-state index contributed by atoms with van der Waals surface area (Å²) < 4.78 is 36.0. The van der Waals surface area contributed by atoms with Crippen molar-refractivity contribution in [2.45, 2.75) is 12.5 Å². The topological polar surface area (TPSA) is 91.8 Å². The van der Waals surface area contributed by atoms with Crippen LogP contribution in [0, 0.1) is 5.82 Å². The molecule has 120 valence electrons. The molecule has 9 heteroatoms. The zero-order valence-corrected chi connectivity index (χ0v) is 12.9. The summed E-state index contributed by atoms with van der Waals surface area (Å²) in [7, 11) is -3.48. The molecule has 1 amide bonds. The number of halogens is 2. The third-order valence-corrected chi connectivity index (χ3v) is 5.37. The number of carbonyl (C=O) groups excluding carboxylic acids is 1. The standard InChI is InChI=1S/C13H13ClFNO5S/c14-10-6-9(15)2-1-8(10)5-12(17)16-3-4-22(20,21)7-11(16)13(18)19/h1-2,6,11H,3-5,7H2,(H,18,19). The van der Waals surface area contributed by atoms with Gasteiger partial charge in [0.2, 0.25) is 5.91 Å². The second kappa shape index (κ2) is 6.21. The Morgan fingerprint density at radius 2 is 2.09 bits per heavy atom. The molecule has 0 aliphatic carbocycles. The van der Waals surface area contributed by atoms with Crippen LogP contribution in [0.1, 0.15) is 5.56 Å². The third kappa shape index (κ3) is 3.75. The van der Waals surface area contributed by atoms with Gasteiger partial charge in [0.25, 0.3) is 0 Å². The quantitative estimate of drug-likeness (QED) is 0.868. The summed E-state index contributed by atoms with van der Waals surface area (Å²) in [6, 6.07) is 2.13. The molecule has 1 aromatic rings. The van der Waals surface area contributed by atoms with Crippen LogP contribution in [0.5, 0.6) is 0 Å². The van der Waals surface area contributed by atoms with Crippen LogP contribution in [0.25, 0.3) is 0 Å². The Kier molecular flexibility index (Phi) is 4.72. The van der Waals surface area contributed by atoms with Gasteiger partial charge in [-0.2, -0.15) is 0 Å². The zero-order chi connectivity index (χ0) is 16.5. The van der Waals surface area contributed by atoms with Crippen molar-refractivity contribution in [2.24, 2.45) is 0 Å². The van der Waals surface area contributed by atoms with Gasteiger partial charge >= 0.3 is 5.97 Å². The Hall–Kier alpha value is -1.67. The van der Waals surface area contributed by atoms with Crippen LogP contribution in [0.15, 0.2) is 18.2 Å².